The molecule has 2 aliphatic carbocycles. The minimum absolute atomic E-state index is 0.0670. The number of rotatable bonds is 4. The minimum atomic E-state index is -0.958. The van der Waals surface area contributed by atoms with E-state index in [2.05, 4.69) is 10.9 Å². The van der Waals surface area contributed by atoms with Gasteiger partial charge in [0.15, 0.2) is 0 Å². The lowest BCUT2D eigenvalue weighted by molar-refractivity contribution is -0.148. The number of allylic oxidation sites excluding steroid dienone is 2. The van der Waals surface area contributed by atoms with Crippen molar-refractivity contribution in [3.8, 4) is 0 Å². The summed E-state index contributed by atoms with van der Waals surface area (Å²) in [6, 6.07) is 0. The first-order valence-electron chi connectivity index (χ1n) is 8.02. The van der Waals surface area contributed by atoms with E-state index >= 15 is 0 Å². The molecule has 1 aromatic rings. The second-order valence-corrected chi connectivity index (χ2v) is 7.40. The molecule has 4 atom stereocenters. The van der Waals surface area contributed by atoms with Gasteiger partial charge >= 0.3 is 5.97 Å². The van der Waals surface area contributed by atoms with E-state index in [-0.39, 0.29) is 17.7 Å². The summed E-state index contributed by atoms with van der Waals surface area (Å²) in [6.45, 7) is 3.93. The summed E-state index contributed by atoms with van der Waals surface area (Å²) in [7, 11) is 0. The number of hydrazine groups is 1. The smallest absolute Gasteiger partial charge is 0.307 e. The van der Waals surface area contributed by atoms with Crippen molar-refractivity contribution < 1.29 is 19.5 Å². The number of carbonyl (C=O) groups excluding carboxylic acids is 2. The minimum Gasteiger partial charge on any atom is -0.481 e. The van der Waals surface area contributed by atoms with Gasteiger partial charge in [-0.25, -0.2) is 0 Å². The monoisotopic (exact) mass is 348 g/mol. The Balaban J connectivity index is 1.66. The lowest BCUT2D eigenvalue weighted by Gasteiger charge is -2.23. The van der Waals surface area contributed by atoms with Gasteiger partial charge in [-0.3, -0.25) is 25.2 Å². The van der Waals surface area contributed by atoms with Crippen LogP contribution >= 0.6 is 11.3 Å². The summed E-state index contributed by atoms with van der Waals surface area (Å²) in [5, 5.41) is 11.2. The van der Waals surface area contributed by atoms with Gasteiger partial charge in [0.05, 0.1) is 17.4 Å². The molecule has 2 aliphatic rings. The Bertz CT molecular complexity index is 724. The zero-order chi connectivity index (χ0) is 17.4. The van der Waals surface area contributed by atoms with E-state index in [0.29, 0.717) is 12.0 Å². The summed E-state index contributed by atoms with van der Waals surface area (Å²) in [4.78, 5) is 37.2. The van der Waals surface area contributed by atoms with E-state index in [0.717, 1.165) is 16.9 Å². The van der Waals surface area contributed by atoms with Crippen molar-refractivity contribution in [2.45, 2.75) is 26.7 Å². The highest BCUT2D eigenvalue weighted by Gasteiger charge is 2.51. The predicted octanol–water partition coefficient (Wildman–Crippen LogP) is 1.90. The Morgan fingerprint density at radius 2 is 1.88 bits per heavy atom. The van der Waals surface area contributed by atoms with Crippen molar-refractivity contribution >= 4 is 29.1 Å². The van der Waals surface area contributed by atoms with E-state index in [1.54, 1.807) is 5.38 Å². The number of nitrogens with one attached hydrogen (secondary N) is 2. The van der Waals surface area contributed by atoms with Gasteiger partial charge in [-0.15, -0.1) is 11.3 Å². The molecule has 0 saturated heterocycles. The van der Waals surface area contributed by atoms with Crippen LogP contribution in [0.5, 0.6) is 0 Å². The van der Waals surface area contributed by atoms with Crippen LogP contribution < -0.4 is 10.9 Å². The number of amides is 2. The van der Waals surface area contributed by atoms with E-state index in [9.17, 15) is 19.5 Å². The van der Waals surface area contributed by atoms with E-state index < -0.39 is 23.7 Å². The first-order valence-corrected chi connectivity index (χ1v) is 8.90. The van der Waals surface area contributed by atoms with Crippen LogP contribution in [0.4, 0.5) is 0 Å². The molecule has 7 heteroatoms. The fourth-order valence-electron chi connectivity index (χ4n) is 3.89. The summed E-state index contributed by atoms with van der Waals surface area (Å²) in [5.74, 6) is -3.26. The van der Waals surface area contributed by atoms with Gasteiger partial charge in [-0.05, 0) is 37.2 Å². The molecule has 3 rings (SSSR count). The Morgan fingerprint density at radius 1 is 1.21 bits per heavy atom. The first kappa shape index (κ1) is 16.7. The Hall–Kier alpha value is -2.15. The second-order valence-electron chi connectivity index (χ2n) is 6.32. The number of carbonyl (C=O) groups is 3. The molecule has 3 N–H and O–H groups in total. The lowest BCUT2D eigenvalue weighted by Crippen LogP contribution is -2.48. The average molecular weight is 348 g/mol. The molecule has 6 nitrogen and oxygen atoms in total. The van der Waals surface area contributed by atoms with Gasteiger partial charge in [0, 0.05) is 10.3 Å². The molecule has 0 unspecified atom stereocenters. The molecule has 2 amide bonds. The molecule has 0 radical (unpaired) electrons. The average Bonchev–Trinajstić information content (AvgIpc) is 3.25. The van der Waals surface area contributed by atoms with Crippen LogP contribution in [0.15, 0.2) is 17.5 Å². The van der Waals surface area contributed by atoms with E-state index in [1.807, 2.05) is 26.0 Å². The van der Waals surface area contributed by atoms with E-state index in [1.165, 1.54) is 11.3 Å². The van der Waals surface area contributed by atoms with Crippen molar-refractivity contribution in [2.75, 3.05) is 0 Å². The van der Waals surface area contributed by atoms with Crippen molar-refractivity contribution in [1.82, 2.24) is 10.9 Å². The summed E-state index contributed by atoms with van der Waals surface area (Å²) in [6.07, 6.45) is 5.22. The molecule has 1 heterocycles. The molecule has 1 fully saturated rings. The van der Waals surface area contributed by atoms with Crippen molar-refractivity contribution in [3.05, 3.63) is 33.5 Å². The highest BCUT2D eigenvalue weighted by atomic mass is 32.1. The number of fused-ring (bicyclic) bond motifs is 2. The maximum absolute atomic E-state index is 12.4. The predicted molar refractivity (Wildman–Crippen MR) is 89.4 cm³/mol. The summed E-state index contributed by atoms with van der Waals surface area (Å²) >= 11 is 1.50. The van der Waals surface area contributed by atoms with Crippen molar-refractivity contribution in [1.29, 1.82) is 0 Å². The lowest BCUT2D eigenvalue weighted by atomic mass is 9.82. The SMILES string of the molecule is CCc1c(C(=O)NNC(=O)[C@H]2[C@@H](C(=O)O)[C@H]3C=C[C@@H]2C3)csc1C. The van der Waals surface area contributed by atoms with Crippen LogP contribution in [-0.2, 0) is 16.0 Å². The molecule has 1 aromatic heterocycles. The fraction of sp³-hybridized carbons (Fsp3) is 0.471. The zero-order valence-corrected chi connectivity index (χ0v) is 14.4. The van der Waals surface area contributed by atoms with Gasteiger partial charge in [0.1, 0.15) is 0 Å². The van der Waals surface area contributed by atoms with Crippen LogP contribution in [0.3, 0.4) is 0 Å². The van der Waals surface area contributed by atoms with Crippen molar-refractivity contribution in [2.24, 2.45) is 23.7 Å². The maximum atomic E-state index is 12.4. The number of carboxylic acids is 1. The van der Waals surface area contributed by atoms with Gasteiger partial charge in [-0.1, -0.05) is 19.1 Å². The topological polar surface area (TPSA) is 95.5 Å². The summed E-state index contributed by atoms with van der Waals surface area (Å²) in [5.41, 5.74) is 6.38. The Morgan fingerprint density at radius 3 is 2.50 bits per heavy atom. The quantitative estimate of drug-likeness (QED) is 0.572. The molecule has 2 bridgehead atoms. The normalized spacial score (nSPS) is 27.2. The highest BCUT2D eigenvalue weighted by Crippen LogP contribution is 2.48. The third-order valence-corrected chi connectivity index (χ3v) is 6.00. The van der Waals surface area contributed by atoms with Gasteiger partial charge in [-0.2, -0.15) is 0 Å². The molecule has 1 saturated carbocycles. The number of hydrogen-bond acceptors (Lipinski definition) is 4. The zero-order valence-electron chi connectivity index (χ0n) is 13.5. The molecule has 0 aliphatic heterocycles. The fourth-order valence-corrected chi connectivity index (χ4v) is 4.84. The van der Waals surface area contributed by atoms with Crippen LogP contribution in [-0.4, -0.2) is 22.9 Å². The van der Waals surface area contributed by atoms with Crippen LogP contribution in [0.2, 0.25) is 0 Å². The number of thiophene rings is 1. The highest BCUT2D eigenvalue weighted by molar-refractivity contribution is 7.10. The standard InChI is InChI=1S/C17H20N2O4S/c1-3-11-8(2)24-7-12(11)15(20)18-19-16(21)13-9-4-5-10(6-9)14(13)17(22)23/h4-5,7,9-10,13-14H,3,6H2,1-2H3,(H,18,20)(H,19,21)(H,22,23)/t9-,10+,13-,14+/m1/s1. The van der Waals surface area contributed by atoms with Crippen molar-refractivity contribution in [3.63, 3.8) is 0 Å². The third kappa shape index (κ3) is 2.73. The van der Waals surface area contributed by atoms with Crippen LogP contribution in [0.1, 0.15) is 34.1 Å². The molecular formula is C17H20N2O4S. The Kier molecular flexibility index (Phi) is 4.45. The molecule has 0 aromatic carbocycles. The van der Waals surface area contributed by atoms with Gasteiger partial charge in [0.2, 0.25) is 5.91 Å². The Labute approximate surface area is 143 Å². The molecule has 24 heavy (non-hydrogen) atoms. The second kappa shape index (κ2) is 6.39. The first-order chi connectivity index (χ1) is 11.4. The van der Waals surface area contributed by atoms with Gasteiger partial charge in [0.25, 0.3) is 5.91 Å². The number of aliphatic carboxylic acids is 1. The molecule has 0 spiro atoms. The van der Waals surface area contributed by atoms with Gasteiger partial charge < -0.3 is 5.11 Å². The number of aryl methyl sites for hydroxylation is 1. The maximum Gasteiger partial charge on any atom is 0.307 e. The molecule has 128 valence electrons. The third-order valence-electron chi connectivity index (χ3n) is 5.05. The summed E-state index contributed by atoms with van der Waals surface area (Å²) < 4.78 is 0. The van der Waals surface area contributed by atoms with E-state index in [4.69, 9.17) is 0 Å². The molecular weight excluding hydrogens is 328 g/mol. The number of carboxylic acid groups (broad SMARTS) is 1. The largest absolute Gasteiger partial charge is 0.481 e. The van der Waals surface area contributed by atoms with Crippen LogP contribution in [0, 0.1) is 30.6 Å². The van der Waals surface area contributed by atoms with Crippen LogP contribution in [0.25, 0.3) is 0 Å². The number of hydrogen-bond donors (Lipinski definition) is 3.